The first kappa shape index (κ1) is 14.4. The lowest BCUT2D eigenvalue weighted by Gasteiger charge is -2.30. The zero-order chi connectivity index (χ0) is 14.6. The summed E-state index contributed by atoms with van der Waals surface area (Å²) in [5, 5.41) is 12.4. The van der Waals surface area contributed by atoms with Crippen LogP contribution in [0.4, 0.5) is 11.4 Å². The van der Waals surface area contributed by atoms with Crippen molar-refractivity contribution in [3.63, 3.8) is 0 Å². The molecule has 8 N–H and O–H groups in total. The minimum atomic E-state index is -0.510. The van der Waals surface area contributed by atoms with Crippen molar-refractivity contribution < 1.29 is 5.11 Å². The van der Waals surface area contributed by atoms with Gasteiger partial charge in [0.25, 0.3) is 0 Å². The summed E-state index contributed by atoms with van der Waals surface area (Å²) in [6.45, 7) is 0.681. The van der Waals surface area contributed by atoms with Gasteiger partial charge in [-0.05, 0) is 42.7 Å². The minimum absolute atomic E-state index is 0.0661. The Balaban J connectivity index is 2.03. The molecule has 0 aliphatic heterocycles. The van der Waals surface area contributed by atoms with E-state index in [2.05, 4.69) is 5.32 Å². The maximum atomic E-state index is 9.08. The molecule has 1 aliphatic rings. The minimum Gasteiger partial charge on any atom is -0.399 e. The van der Waals surface area contributed by atoms with E-state index in [0.717, 1.165) is 17.0 Å². The summed E-state index contributed by atoms with van der Waals surface area (Å²) in [4.78, 5) is 0. The molecule has 1 aliphatic carbocycles. The molecule has 1 aromatic rings. The first-order valence-electron chi connectivity index (χ1n) is 6.68. The second-order valence-corrected chi connectivity index (χ2v) is 5.25. The fourth-order valence-corrected chi connectivity index (χ4v) is 2.33. The molecule has 0 fully saturated rings. The Labute approximate surface area is 119 Å². The Hall–Kier alpha value is -1.98. The van der Waals surface area contributed by atoms with E-state index in [1.165, 1.54) is 0 Å². The molecule has 0 saturated carbocycles. The highest BCUT2D eigenvalue weighted by Crippen LogP contribution is 2.26. The zero-order valence-corrected chi connectivity index (χ0v) is 11.5. The SMILES string of the molecule is NC1=C(CNc2cccc(N)c2)CC(N)(CCO)C=C1. The van der Waals surface area contributed by atoms with Gasteiger partial charge in [-0.1, -0.05) is 12.1 Å². The van der Waals surface area contributed by atoms with Crippen LogP contribution in [-0.2, 0) is 0 Å². The smallest absolute Gasteiger partial charge is 0.0451 e. The highest BCUT2D eigenvalue weighted by molar-refractivity contribution is 5.55. The highest BCUT2D eigenvalue weighted by atomic mass is 16.3. The number of rotatable bonds is 5. The Bertz CT molecular complexity index is 538. The first-order valence-corrected chi connectivity index (χ1v) is 6.68. The van der Waals surface area contributed by atoms with Crippen LogP contribution >= 0.6 is 0 Å². The van der Waals surface area contributed by atoms with Crippen molar-refractivity contribution in [1.82, 2.24) is 0 Å². The van der Waals surface area contributed by atoms with Crippen LogP contribution in [0.1, 0.15) is 12.8 Å². The summed E-state index contributed by atoms with van der Waals surface area (Å²) in [6, 6.07) is 7.57. The number of anilines is 2. The second-order valence-electron chi connectivity index (χ2n) is 5.25. The molecule has 0 spiro atoms. The number of aliphatic hydroxyl groups excluding tert-OH is 1. The zero-order valence-electron chi connectivity index (χ0n) is 11.5. The number of benzene rings is 1. The predicted octanol–water partition coefficient (Wildman–Crippen LogP) is 0.933. The van der Waals surface area contributed by atoms with Crippen LogP contribution in [0, 0.1) is 0 Å². The van der Waals surface area contributed by atoms with Crippen molar-refractivity contribution in [2.75, 3.05) is 24.2 Å². The van der Waals surface area contributed by atoms with Crippen molar-refractivity contribution in [2.45, 2.75) is 18.4 Å². The molecule has 0 saturated heterocycles. The third kappa shape index (κ3) is 3.53. The van der Waals surface area contributed by atoms with Crippen molar-refractivity contribution in [2.24, 2.45) is 11.5 Å². The number of nitrogen functional groups attached to an aromatic ring is 1. The standard InChI is InChI=1S/C15H22N4O/c16-12-2-1-3-13(8-12)19-10-11-9-15(18,6-7-20)5-4-14(11)17/h1-5,8,19-20H,6-7,9-10,16-18H2. The molecule has 0 heterocycles. The molecular formula is C15H22N4O. The van der Waals surface area contributed by atoms with Crippen LogP contribution in [0.2, 0.25) is 0 Å². The molecule has 1 aromatic carbocycles. The Morgan fingerprint density at radius 1 is 1.30 bits per heavy atom. The van der Waals surface area contributed by atoms with Gasteiger partial charge in [-0.2, -0.15) is 0 Å². The van der Waals surface area contributed by atoms with E-state index in [9.17, 15) is 0 Å². The molecule has 1 unspecified atom stereocenters. The van der Waals surface area contributed by atoms with E-state index in [0.29, 0.717) is 25.1 Å². The Morgan fingerprint density at radius 2 is 2.10 bits per heavy atom. The van der Waals surface area contributed by atoms with Gasteiger partial charge in [-0.25, -0.2) is 0 Å². The number of aliphatic hydroxyl groups is 1. The largest absolute Gasteiger partial charge is 0.399 e. The van der Waals surface area contributed by atoms with Crippen LogP contribution in [0.3, 0.4) is 0 Å². The van der Waals surface area contributed by atoms with Crippen molar-refractivity contribution in [3.05, 3.63) is 47.7 Å². The van der Waals surface area contributed by atoms with Gasteiger partial charge in [0.15, 0.2) is 0 Å². The molecule has 2 rings (SSSR count). The second kappa shape index (κ2) is 5.98. The topological polar surface area (TPSA) is 110 Å². The molecule has 0 bridgehead atoms. The van der Waals surface area contributed by atoms with Gasteiger partial charge in [0.05, 0.1) is 0 Å². The van der Waals surface area contributed by atoms with Crippen LogP contribution in [0.15, 0.2) is 47.7 Å². The van der Waals surface area contributed by atoms with Gasteiger partial charge >= 0.3 is 0 Å². The van der Waals surface area contributed by atoms with Gasteiger partial charge < -0.3 is 27.6 Å². The van der Waals surface area contributed by atoms with E-state index in [-0.39, 0.29) is 6.61 Å². The van der Waals surface area contributed by atoms with Gasteiger partial charge in [0.2, 0.25) is 0 Å². The number of nitrogens with two attached hydrogens (primary N) is 3. The highest BCUT2D eigenvalue weighted by Gasteiger charge is 2.26. The lowest BCUT2D eigenvalue weighted by atomic mass is 9.83. The normalized spacial score (nSPS) is 22.1. The molecule has 108 valence electrons. The van der Waals surface area contributed by atoms with Gasteiger partial charge in [-0.15, -0.1) is 0 Å². The molecule has 20 heavy (non-hydrogen) atoms. The van der Waals surface area contributed by atoms with Crippen LogP contribution in [-0.4, -0.2) is 23.8 Å². The number of hydrogen-bond donors (Lipinski definition) is 5. The Kier molecular flexibility index (Phi) is 4.32. The summed E-state index contributed by atoms with van der Waals surface area (Å²) >= 11 is 0. The quantitative estimate of drug-likeness (QED) is 0.513. The fourth-order valence-electron chi connectivity index (χ4n) is 2.33. The van der Waals surface area contributed by atoms with Gasteiger partial charge in [0, 0.05) is 35.8 Å². The molecule has 1 atom stereocenters. The third-order valence-corrected chi connectivity index (χ3v) is 3.52. The summed E-state index contributed by atoms with van der Waals surface area (Å²) in [5.41, 5.74) is 20.9. The van der Waals surface area contributed by atoms with Crippen molar-refractivity contribution in [1.29, 1.82) is 0 Å². The molecule has 0 aromatic heterocycles. The van der Waals surface area contributed by atoms with Gasteiger partial charge in [-0.3, -0.25) is 0 Å². The molecular weight excluding hydrogens is 252 g/mol. The van der Waals surface area contributed by atoms with E-state index in [4.69, 9.17) is 22.3 Å². The maximum absolute atomic E-state index is 9.08. The van der Waals surface area contributed by atoms with Crippen LogP contribution < -0.4 is 22.5 Å². The van der Waals surface area contributed by atoms with Crippen LogP contribution in [0.25, 0.3) is 0 Å². The summed E-state index contributed by atoms with van der Waals surface area (Å²) in [7, 11) is 0. The number of allylic oxidation sites excluding steroid dienone is 1. The average molecular weight is 274 g/mol. The van der Waals surface area contributed by atoms with Crippen LogP contribution in [0.5, 0.6) is 0 Å². The molecule has 0 amide bonds. The van der Waals surface area contributed by atoms with Gasteiger partial charge in [0.1, 0.15) is 0 Å². The lowest BCUT2D eigenvalue weighted by molar-refractivity contribution is 0.255. The monoisotopic (exact) mass is 274 g/mol. The molecule has 5 heteroatoms. The third-order valence-electron chi connectivity index (χ3n) is 3.52. The predicted molar refractivity (Wildman–Crippen MR) is 82.9 cm³/mol. The fraction of sp³-hybridized carbons (Fsp3) is 0.333. The number of nitrogens with one attached hydrogen (secondary N) is 1. The molecule has 0 radical (unpaired) electrons. The number of hydrogen-bond acceptors (Lipinski definition) is 5. The van der Waals surface area contributed by atoms with E-state index < -0.39 is 5.54 Å². The van der Waals surface area contributed by atoms with E-state index in [1.807, 2.05) is 36.4 Å². The Morgan fingerprint density at radius 3 is 2.80 bits per heavy atom. The van der Waals surface area contributed by atoms with Crippen molar-refractivity contribution in [3.8, 4) is 0 Å². The molecule has 5 nitrogen and oxygen atoms in total. The van der Waals surface area contributed by atoms with E-state index >= 15 is 0 Å². The van der Waals surface area contributed by atoms with E-state index in [1.54, 1.807) is 0 Å². The maximum Gasteiger partial charge on any atom is 0.0451 e. The summed E-state index contributed by atoms with van der Waals surface area (Å²) in [5.74, 6) is 0. The lowest BCUT2D eigenvalue weighted by Crippen LogP contribution is -2.41. The summed E-state index contributed by atoms with van der Waals surface area (Å²) < 4.78 is 0. The average Bonchev–Trinajstić information content (AvgIpc) is 2.41. The van der Waals surface area contributed by atoms with Crippen molar-refractivity contribution >= 4 is 11.4 Å². The first-order chi connectivity index (χ1) is 9.52. The summed E-state index contributed by atoms with van der Waals surface area (Å²) in [6.07, 6.45) is 4.88.